The van der Waals surface area contributed by atoms with Gasteiger partial charge in [0.15, 0.2) is 18.2 Å². The molecule has 0 fully saturated rings. The van der Waals surface area contributed by atoms with Gasteiger partial charge in [0.1, 0.15) is 11.6 Å². The van der Waals surface area contributed by atoms with E-state index in [0.29, 0.717) is 28.2 Å². The van der Waals surface area contributed by atoms with Crippen molar-refractivity contribution in [1.82, 2.24) is 19.6 Å². The van der Waals surface area contributed by atoms with Gasteiger partial charge in [0, 0.05) is 23.0 Å². The Balaban J connectivity index is 1.39. The zero-order valence-electron chi connectivity index (χ0n) is 16.9. The van der Waals surface area contributed by atoms with Crippen molar-refractivity contribution < 1.29 is 13.9 Å². The molecule has 0 saturated carbocycles. The first-order chi connectivity index (χ1) is 15.4. The van der Waals surface area contributed by atoms with E-state index in [0.717, 1.165) is 11.3 Å². The number of nitrogens with zero attached hydrogens (tertiary/aromatic N) is 4. The summed E-state index contributed by atoms with van der Waals surface area (Å²) in [6.07, 6.45) is 1.63. The second-order valence-corrected chi connectivity index (χ2v) is 7.78. The number of anilines is 1. The van der Waals surface area contributed by atoms with E-state index in [1.807, 2.05) is 19.1 Å². The summed E-state index contributed by atoms with van der Waals surface area (Å²) in [6.45, 7) is 2.29. The van der Waals surface area contributed by atoms with Crippen molar-refractivity contribution in [2.45, 2.75) is 20.2 Å². The zero-order chi connectivity index (χ0) is 22.7. The number of amides is 1. The lowest BCUT2D eigenvalue weighted by atomic mass is 10.2. The lowest BCUT2D eigenvalue weighted by Crippen LogP contribution is -2.15. The molecule has 7 nitrogen and oxygen atoms in total. The molecule has 1 N–H and O–H groups in total. The Morgan fingerprint density at radius 3 is 2.69 bits per heavy atom. The van der Waals surface area contributed by atoms with Crippen LogP contribution in [0.25, 0.3) is 0 Å². The van der Waals surface area contributed by atoms with Crippen molar-refractivity contribution in [3.05, 3.63) is 93.6 Å². The summed E-state index contributed by atoms with van der Waals surface area (Å²) in [6, 6.07) is 14.6. The molecule has 4 rings (SSSR count). The van der Waals surface area contributed by atoms with Crippen molar-refractivity contribution >= 4 is 34.9 Å². The maximum absolute atomic E-state index is 13.3. The van der Waals surface area contributed by atoms with Gasteiger partial charge in [-0.3, -0.25) is 9.48 Å². The summed E-state index contributed by atoms with van der Waals surface area (Å²) in [5.41, 5.74) is 1.73. The third-order valence-electron chi connectivity index (χ3n) is 4.62. The van der Waals surface area contributed by atoms with Crippen LogP contribution in [0.2, 0.25) is 10.0 Å². The third-order valence-corrected chi connectivity index (χ3v) is 5.28. The molecule has 0 bridgehead atoms. The van der Waals surface area contributed by atoms with Crippen LogP contribution < -0.4 is 10.1 Å². The van der Waals surface area contributed by atoms with Gasteiger partial charge in [-0.25, -0.2) is 9.07 Å². The first kappa shape index (κ1) is 21.9. The summed E-state index contributed by atoms with van der Waals surface area (Å²) >= 11 is 12.2. The average molecular weight is 474 g/mol. The molecule has 2 aromatic heterocycles. The van der Waals surface area contributed by atoms with Gasteiger partial charge >= 0.3 is 0 Å². The molecule has 164 valence electrons. The van der Waals surface area contributed by atoms with E-state index >= 15 is 0 Å². The molecule has 0 aliphatic carbocycles. The number of halogens is 3. The molecule has 0 atom stereocenters. The number of hydrogen-bond donors (Lipinski definition) is 1. The van der Waals surface area contributed by atoms with Crippen molar-refractivity contribution in [2.24, 2.45) is 0 Å². The number of aromatic nitrogens is 4. The molecule has 1 amide bonds. The van der Waals surface area contributed by atoms with Gasteiger partial charge in [-0.15, -0.1) is 0 Å². The number of rotatable bonds is 7. The van der Waals surface area contributed by atoms with Gasteiger partial charge < -0.3 is 10.1 Å². The summed E-state index contributed by atoms with van der Waals surface area (Å²) in [5.74, 6) is 0.0806. The van der Waals surface area contributed by atoms with E-state index in [1.54, 1.807) is 41.2 Å². The molecular formula is C22H18Cl2FN5O2. The van der Waals surface area contributed by atoms with Crippen LogP contribution in [0.3, 0.4) is 0 Å². The maximum Gasteiger partial charge on any atom is 0.277 e. The van der Waals surface area contributed by atoms with Crippen LogP contribution >= 0.6 is 23.2 Å². The molecule has 2 aromatic carbocycles. The number of aryl methyl sites for hydroxylation is 1. The number of hydrogen-bond acceptors (Lipinski definition) is 4. The van der Waals surface area contributed by atoms with E-state index in [9.17, 15) is 9.18 Å². The molecule has 10 heteroatoms. The lowest BCUT2D eigenvalue weighted by molar-refractivity contribution is 0.101. The monoisotopic (exact) mass is 473 g/mol. The fraction of sp³-hybridized carbons (Fsp3) is 0.136. The van der Waals surface area contributed by atoms with Crippen molar-refractivity contribution in [2.75, 3.05) is 5.32 Å². The summed E-state index contributed by atoms with van der Waals surface area (Å²) in [4.78, 5) is 12.6. The molecule has 4 aromatic rings. The SMILES string of the molecule is Cc1cc(NC(=O)c2ccn(COc3ccccc3Cl)n2)nn1Cc1ccc(F)cc1Cl. The van der Waals surface area contributed by atoms with Crippen molar-refractivity contribution in [3.63, 3.8) is 0 Å². The Hall–Kier alpha value is -3.36. The molecule has 0 saturated heterocycles. The van der Waals surface area contributed by atoms with Gasteiger partial charge in [-0.05, 0) is 42.8 Å². The Morgan fingerprint density at radius 2 is 1.91 bits per heavy atom. The molecular weight excluding hydrogens is 456 g/mol. The maximum atomic E-state index is 13.3. The highest BCUT2D eigenvalue weighted by atomic mass is 35.5. The Kier molecular flexibility index (Phi) is 6.43. The fourth-order valence-corrected chi connectivity index (χ4v) is 3.39. The predicted octanol–water partition coefficient (Wildman–Crippen LogP) is 5.17. The first-order valence-electron chi connectivity index (χ1n) is 9.59. The zero-order valence-corrected chi connectivity index (χ0v) is 18.4. The van der Waals surface area contributed by atoms with E-state index in [-0.39, 0.29) is 12.4 Å². The van der Waals surface area contributed by atoms with Gasteiger partial charge in [-0.2, -0.15) is 10.2 Å². The minimum atomic E-state index is -0.411. The molecule has 2 heterocycles. The van der Waals surface area contributed by atoms with Crippen LogP contribution in [0.15, 0.2) is 60.8 Å². The predicted molar refractivity (Wildman–Crippen MR) is 120 cm³/mol. The summed E-state index contributed by atoms with van der Waals surface area (Å²) in [5, 5.41) is 12.1. The number of para-hydroxylation sites is 1. The highest BCUT2D eigenvalue weighted by Gasteiger charge is 2.14. The van der Waals surface area contributed by atoms with Crippen LogP contribution in [0.4, 0.5) is 10.2 Å². The molecule has 0 aliphatic rings. The van der Waals surface area contributed by atoms with Gasteiger partial charge in [-0.1, -0.05) is 41.4 Å². The van der Waals surface area contributed by atoms with Crippen LogP contribution in [-0.4, -0.2) is 25.5 Å². The standard InChI is InChI=1S/C22H18Cl2FN5O2/c1-14-10-21(28-30(14)12-15-6-7-16(25)11-18(15)24)26-22(31)19-8-9-29(27-19)13-32-20-5-3-2-4-17(20)23/h2-11H,12-13H2,1H3,(H,26,28,31). The largest absolute Gasteiger partial charge is 0.470 e. The van der Waals surface area contributed by atoms with Crippen LogP contribution in [-0.2, 0) is 13.3 Å². The Bertz CT molecular complexity index is 1270. The smallest absolute Gasteiger partial charge is 0.277 e. The second-order valence-electron chi connectivity index (χ2n) is 6.96. The van der Waals surface area contributed by atoms with E-state index in [4.69, 9.17) is 27.9 Å². The summed E-state index contributed by atoms with van der Waals surface area (Å²) in [7, 11) is 0. The lowest BCUT2D eigenvalue weighted by Gasteiger charge is -2.07. The number of ether oxygens (including phenoxy) is 1. The minimum absolute atomic E-state index is 0.100. The van der Waals surface area contributed by atoms with Crippen LogP contribution in [0.5, 0.6) is 5.75 Å². The van der Waals surface area contributed by atoms with Gasteiger partial charge in [0.2, 0.25) is 0 Å². The van der Waals surface area contributed by atoms with E-state index < -0.39 is 11.7 Å². The quantitative estimate of drug-likeness (QED) is 0.401. The van der Waals surface area contributed by atoms with E-state index in [2.05, 4.69) is 15.5 Å². The number of benzene rings is 2. The highest BCUT2D eigenvalue weighted by Crippen LogP contribution is 2.23. The normalized spacial score (nSPS) is 10.9. The van der Waals surface area contributed by atoms with Gasteiger partial charge in [0.05, 0.1) is 11.6 Å². The third kappa shape index (κ3) is 5.09. The Morgan fingerprint density at radius 1 is 1.09 bits per heavy atom. The molecule has 0 unspecified atom stereocenters. The molecule has 0 aliphatic heterocycles. The van der Waals surface area contributed by atoms with Gasteiger partial charge in [0.25, 0.3) is 5.91 Å². The average Bonchev–Trinajstić information content (AvgIpc) is 3.36. The summed E-state index contributed by atoms with van der Waals surface area (Å²) < 4.78 is 22.0. The topological polar surface area (TPSA) is 74.0 Å². The number of nitrogens with one attached hydrogen (secondary N) is 1. The van der Waals surface area contributed by atoms with Crippen molar-refractivity contribution in [3.8, 4) is 5.75 Å². The first-order valence-corrected chi connectivity index (χ1v) is 10.3. The number of carbonyl (C=O) groups excluding carboxylic acids is 1. The van der Waals surface area contributed by atoms with Crippen molar-refractivity contribution in [1.29, 1.82) is 0 Å². The Labute approximate surface area is 193 Å². The molecule has 32 heavy (non-hydrogen) atoms. The second kappa shape index (κ2) is 9.42. The number of carbonyl (C=O) groups is 1. The fourth-order valence-electron chi connectivity index (χ4n) is 2.98. The van der Waals surface area contributed by atoms with E-state index in [1.165, 1.54) is 16.8 Å². The highest BCUT2D eigenvalue weighted by molar-refractivity contribution is 6.32. The van der Waals surface area contributed by atoms with Crippen LogP contribution in [0, 0.1) is 12.7 Å². The molecule has 0 radical (unpaired) electrons. The van der Waals surface area contributed by atoms with Crippen LogP contribution in [0.1, 0.15) is 21.7 Å². The minimum Gasteiger partial charge on any atom is -0.470 e. The molecule has 0 spiro atoms.